The Morgan fingerprint density at radius 2 is 1.19 bits per heavy atom. The average molecular weight is 247 g/mol. The number of hydrogen-bond donors (Lipinski definition) is 1. The van der Waals surface area contributed by atoms with Crippen LogP contribution in [-0.2, 0) is 11.8 Å². The van der Waals surface area contributed by atoms with E-state index in [4.69, 9.17) is 11.8 Å². The lowest BCUT2D eigenvalue weighted by Gasteiger charge is -2.22. The van der Waals surface area contributed by atoms with Crippen LogP contribution in [0.1, 0.15) is 0 Å². The largest absolute Gasteiger partial charge is 0.285 e. The normalized spacial score (nSPS) is 11.3. The molecule has 2 aromatic carbocycles. The van der Waals surface area contributed by atoms with Crippen LogP contribution in [0.15, 0.2) is 60.7 Å². The molecule has 2 aromatic rings. The Kier molecular flexibility index (Phi) is 3.55. The lowest BCUT2D eigenvalue weighted by Crippen LogP contribution is -2.24. The van der Waals surface area contributed by atoms with Gasteiger partial charge in [0.1, 0.15) is 0 Å². The van der Waals surface area contributed by atoms with E-state index in [0.29, 0.717) is 0 Å². The van der Waals surface area contributed by atoms with Gasteiger partial charge in [0.15, 0.2) is 0 Å². The predicted octanol–water partition coefficient (Wildman–Crippen LogP) is 2.25. The zero-order chi connectivity index (χ0) is 11.4. The Balaban J connectivity index is 2.54. The maximum atomic E-state index is 5.84. The monoisotopic (exact) mass is 247 g/mol. The smallest absolute Gasteiger partial charge is 0.0681 e. The predicted molar refractivity (Wildman–Crippen MR) is 75.5 cm³/mol. The van der Waals surface area contributed by atoms with Gasteiger partial charge in [-0.15, -0.1) is 0 Å². The molecular weight excluding hydrogens is 233 g/mol. The molecule has 0 aliphatic heterocycles. The van der Waals surface area contributed by atoms with Crippen molar-refractivity contribution in [3.05, 3.63) is 60.7 Å². The lowest BCUT2D eigenvalue weighted by molar-refractivity contribution is 1.28. The second-order valence-corrected chi connectivity index (χ2v) is 7.85. The highest BCUT2D eigenvalue weighted by molar-refractivity contribution is 8.20. The van der Waals surface area contributed by atoms with E-state index in [1.54, 1.807) is 0 Å². The Bertz CT molecular complexity index is 452. The number of benzene rings is 2. The number of nitrogens with one attached hydrogen (secondary N) is 1. The summed E-state index contributed by atoms with van der Waals surface area (Å²) in [4.78, 5) is 0. The molecule has 2 rings (SSSR count). The summed E-state index contributed by atoms with van der Waals surface area (Å²) in [6.45, 7) is 0. The van der Waals surface area contributed by atoms with Crippen molar-refractivity contribution in [2.24, 2.45) is 0 Å². The lowest BCUT2D eigenvalue weighted by atomic mass is 10.4. The molecule has 0 atom stereocenters. The van der Waals surface area contributed by atoms with Crippen molar-refractivity contribution in [2.75, 3.05) is 7.05 Å². The highest BCUT2D eigenvalue weighted by atomic mass is 32.4. The van der Waals surface area contributed by atoms with Gasteiger partial charge in [0, 0.05) is 10.6 Å². The number of hydrogen-bond acceptors (Lipinski definition) is 1. The van der Waals surface area contributed by atoms with E-state index >= 15 is 0 Å². The summed E-state index contributed by atoms with van der Waals surface area (Å²) in [5.74, 6) is 0. The van der Waals surface area contributed by atoms with Gasteiger partial charge in [-0.05, 0) is 7.05 Å². The van der Waals surface area contributed by atoms with Crippen LogP contribution in [0, 0.1) is 0 Å². The maximum absolute atomic E-state index is 5.84. The van der Waals surface area contributed by atoms with Crippen LogP contribution in [0.2, 0.25) is 0 Å². The fraction of sp³-hybridized carbons (Fsp3) is 0.0769. The number of rotatable bonds is 3. The molecule has 0 amide bonds. The Hall–Kier alpha value is -0.950. The second-order valence-electron chi connectivity index (χ2n) is 3.50. The van der Waals surface area contributed by atoms with Crippen LogP contribution >= 0.6 is 6.19 Å². The maximum Gasteiger partial charge on any atom is 0.0681 e. The molecule has 1 N–H and O–H groups in total. The fourth-order valence-corrected chi connectivity index (χ4v) is 4.41. The molecule has 0 radical (unpaired) electrons. The zero-order valence-corrected chi connectivity index (χ0v) is 10.8. The van der Waals surface area contributed by atoms with Crippen molar-refractivity contribution in [2.45, 2.75) is 0 Å². The van der Waals surface area contributed by atoms with E-state index in [9.17, 15) is 0 Å². The molecule has 0 unspecified atom stereocenters. The molecule has 0 bridgehead atoms. The Labute approximate surface area is 102 Å². The third-order valence-electron chi connectivity index (χ3n) is 2.55. The van der Waals surface area contributed by atoms with E-state index < -0.39 is 6.19 Å². The van der Waals surface area contributed by atoms with Crippen molar-refractivity contribution in [3.8, 4) is 0 Å². The molecule has 16 heavy (non-hydrogen) atoms. The van der Waals surface area contributed by atoms with Crippen LogP contribution in [0.4, 0.5) is 0 Å². The van der Waals surface area contributed by atoms with Crippen molar-refractivity contribution >= 4 is 28.6 Å². The van der Waals surface area contributed by atoms with Crippen LogP contribution in [-0.4, -0.2) is 7.05 Å². The first kappa shape index (κ1) is 11.5. The van der Waals surface area contributed by atoms with Gasteiger partial charge in [0.25, 0.3) is 0 Å². The molecule has 0 aliphatic carbocycles. The molecule has 0 saturated heterocycles. The van der Waals surface area contributed by atoms with Gasteiger partial charge >= 0.3 is 0 Å². The highest BCUT2D eigenvalue weighted by Gasteiger charge is 2.18. The van der Waals surface area contributed by atoms with E-state index in [1.165, 1.54) is 10.6 Å². The summed E-state index contributed by atoms with van der Waals surface area (Å²) in [7, 11) is 1.95. The van der Waals surface area contributed by atoms with Gasteiger partial charge < -0.3 is 0 Å². The summed E-state index contributed by atoms with van der Waals surface area (Å²) < 4.78 is 0. The molecule has 0 aromatic heterocycles. The third kappa shape index (κ3) is 2.10. The minimum absolute atomic E-state index is 1.21. The van der Waals surface area contributed by atoms with Crippen LogP contribution < -0.4 is 15.7 Å². The van der Waals surface area contributed by atoms with Crippen molar-refractivity contribution in [3.63, 3.8) is 0 Å². The average Bonchev–Trinajstić information content (AvgIpc) is 2.40. The standard InChI is InChI=1S/C13H14NPS/c1-14-15(16,12-8-4-2-5-9-12)13-10-6-3-7-11-13/h2-11H,1H3,(H,14,16). The van der Waals surface area contributed by atoms with Gasteiger partial charge in [-0.25, -0.2) is 0 Å². The zero-order valence-electron chi connectivity index (χ0n) is 9.13. The molecule has 1 nitrogen and oxygen atoms in total. The molecular formula is C13H14NPS. The molecule has 0 heterocycles. The quantitative estimate of drug-likeness (QED) is 0.835. The Morgan fingerprint density at radius 1 is 0.812 bits per heavy atom. The van der Waals surface area contributed by atoms with E-state index in [1.807, 2.05) is 43.4 Å². The summed E-state index contributed by atoms with van der Waals surface area (Å²) in [6, 6.07) is 20.6. The molecule has 0 saturated carbocycles. The fourth-order valence-electron chi connectivity index (χ4n) is 1.68. The van der Waals surface area contributed by atoms with E-state index in [-0.39, 0.29) is 0 Å². The first-order chi connectivity index (χ1) is 7.77. The van der Waals surface area contributed by atoms with Gasteiger partial charge in [-0.2, -0.15) is 0 Å². The van der Waals surface area contributed by atoms with Crippen LogP contribution in [0.25, 0.3) is 0 Å². The first-order valence-corrected chi connectivity index (χ1v) is 7.98. The summed E-state index contributed by atoms with van der Waals surface area (Å²) in [6.07, 6.45) is -1.82. The summed E-state index contributed by atoms with van der Waals surface area (Å²) >= 11 is 5.84. The van der Waals surface area contributed by atoms with E-state index in [0.717, 1.165) is 0 Å². The second kappa shape index (κ2) is 4.92. The Morgan fingerprint density at radius 3 is 1.50 bits per heavy atom. The van der Waals surface area contributed by atoms with Crippen molar-refractivity contribution in [1.29, 1.82) is 0 Å². The molecule has 82 valence electrons. The minimum Gasteiger partial charge on any atom is -0.285 e. The summed E-state index contributed by atoms with van der Waals surface area (Å²) in [5, 5.41) is 5.75. The summed E-state index contributed by atoms with van der Waals surface area (Å²) in [5.41, 5.74) is 0. The van der Waals surface area contributed by atoms with Crippen molar-refractivity contribution in [1.82, 2.24) is 5.09 Å². The topological polar surface area (TPSA) is 12.0 Å². The molecule has 0 spiro atoms. The highest BCUT2D eigenvalue weighted by Crippen LogP contribution is 2.37. The van der Waals surface area contributed by atoms with Crippen LogP contribution in [0.5, 0.6) is 0 Å². The van der Waals surface area contributed by atoms with Gasteiger partial charge in [0.05, 0.1) is 6.19 Å². The van der Waals surface area contributed by atoms with Gasteiger partial charge in [-0.3, -0.25) is 5.09 Å². The molecule has 0 aliphatic rings. The SMILES string of the molecule is CNP(=S)(c1ccccc1)c1ccccc1. The molecule has 3 heteroatoms. The van der Waals surface area contributed by atoms with Gasteiger partial charge in [-0.1, -0.05) is 72.5 Å². The third-order valence-corrected chi connectivity index (χ3v) is 7.05. The first-order valence-electron chi connectivity index (χ1n) is 5.17. The molecule has 0 fully saturated rings. The van der Waals surface area contributed by atoms with Crippen LogP contribution in [0.3, 0.4) is 0 Å². The minimum atomic E-state index is -1.82. The van der Waals surface area contributed by atoms with Gasteiger partial charge in [0.2, 0.25) is 0 Å². The van der Waals surface area contributed by atoms with E-state index in [2.05, 4.69) is 29.4 Å². The van der Waals surface area contributed by atoms with Crippen molar-refractivity contribution < 1.29 is 0 Å².